The third-order valence-electron chi connectivity index (χ3n) is 3.23. The maximum Gasteiger partial charge on any atom is 0.331 e. The molecule has 0 bridgehead atoms. The first-order valence-corrected chi connectivity index (χ1v) is 5.17. The van der Waals surface area contributed by atoms with Crippen LogP contribution >= 0.6 is 0 Å². The van der Waals surface area contributed by atoms with E-state index in [0.29, 0.717) is 12.3 Å². The van der Waals surface area contributed by atoms with Crippen LogP contribution in [0, 0.1) is 5.92 Å². The molecule has 1 aliphatic carbocycles. The van der Waals surface area contributed by atoms with Gasteiger partial charge in [-0.3, -0.25) is 10.0 Å². The van der Waals surface area contributed by atoms with E-state index in [4.69, 9.17) is 5.11 Å². The average Bonchev–Trinajstić information content (AvgIpc) is 2.68. The fourth-order valence-corrected chi connectivity index (χ4v) is 2.17. The van der Waals surface area contributed by atoms with Crippen LogP contribution in [0.5, 0.6) is 0 Å². The molecule has 0 radical (unpaired) electrons. The van der Waals surface area contributed by atoms with Crippen molar-refractivity contribution < 1.29 is 19.9 Å². The van der Waals surface area contributed by atoms with E-state index in [1.165, 1.54) is 6.92 Å². The summed E-state index contributed by atoms with van der Waals surface area (Å²) in [5, 5.41) is 18.6. The van der Waals surface area contributed by atoms with Crippen LogP contribution in [0.3, 0.4) is 0 Å². The molecular weight excluding hydrogens is 198 g/mol. The minimum absolute atomic E-state index is 0.156. The number of hydroxylamine groups is 2. The van der Waals surface area contributed by atoms with Crippen LogP contribution in [0.4, 0.5) is 0 Å². The molecule has 5 heteroatoms. The van der Waals surface area contributed by atoms with Gasteiger partial charge in [-0.05, 0) is 19.3 Å². The van der Waals surface area contributed by atoms with Crippen LogP contribution in [-0.4, -0.2) is 33.3 Å². The van der Waals surface area contributed by atoms with Gasteiger partial charge in [0.25, 0.3) is 0 Å². The number of rotatable bonds is 5. The first-order valence-electron chi connectivity index (χ1n) is 5.17. The van der Waals surface area contributed by atoms with E-state index in [1.54, 1.807) is 0 Å². The van der Waals surface area contributed by atoms with Gasteiger partial charge in [0.05, 0.1) is 0 Å². The van der Waals surface area contributed by atoms with E-state index < -0.39 is 11.5 Å². The normalized spacial score (nSPS) is 20.9. The molecule has 1 saturated carbocycles. The van der Waals surface area contributed by atoms with Crippen LogP contribution in [0.25, 0.3) is 0 Å². The van der Waals surface area contributed by atoms with E-state index in [1.807, 2.05) is 0 Å². The van der Waals surface area contributed by atoms with E-state index in [2.05, 4.69) is 0 Å². The van der Waals surface area contributed by atoms with E-state index in [0.717, 1.165) is 25.7 Å². The maximum absolute atomic E-state index is 11.0. The molecule has 5 nitrogen and oxygen atoms in total. The molecule has 1 fully saturated rings. The lowest BCUT2D eigenvalue weighted by Gasteiger charge is -2.32. The quantitative estimate of drug-likeness (QED) is 0.411. The number of nitrogens with zero attached hydrogens (tertiary/aromatic N) is 1. The number of aliphatic carboxylic acids is 1. The van der Waals surface area contributed by atoms with Crippen LogP contribution in [-0.2, 0) is 9.59 Å². The molecule has 1 amide bonds. The maximum atomic E-state index is 11.0. The minimum Gasteiger partial charge on any atom is -0.479 e. The fraction of sp³-hybridized carbons (Fsp3) is 0.800. The number of amides is 1. The van der Waals surface area contributed by atoms with Crippen LogP contribution in [0.2, 0.25) is 0 Å². The highest BCUT2D eigenvalue weighted by Crippen LogP contribution is 2.33. The van der Waals surface area contributed by atoms with Crippen molar-refractivity contribution in [3.8, 4) is 0 Å². The highest BCUT2D eigenvalue weighted by Gasteiger charge is 2.41. The number of hydrogen-bond acceptors (Lipinski definition) is 3. The molecule has 0 aromatic heterocycles. The van der Waals surface area contributed by atoms with Gasteiger partial charge in [-0.15, -0.1) is 0 Å². The average molecular weight is 215 g/mol. The summed E-state index contributed by atoms with van der Waals surface area (Å²) in [6.45, 7) is 1.38. The summed E-state index contributed by atoms with van der Waals surface area (Å²) in [4.78, 5) is 21.5. The lowest BCUT2D eigenvalue weighted by molar-refractivity contribution is -0.195. The Morgan fingerprint density at radius 2 is 2.07 bits per heavy atom. The molecule has 0 aromatic rings. The molecule has 2 N–H and O–H groups in total. The van der Waals surface area contributed by atoms with Crippen LogP contribution in [0.1, 0.15) is 39.0 Å². The molecule has 86 valence electrons. The van der Waals surface area contributed by atoms with E-state index in [-0.39, 0.29) is 11.5 Å². The van der Waals surface area contributed by atoms with Gasteiger partial charge in [-0.2, -0.15) is 0 Å². The van der Waals surface area contributed by atoms with E-state index >= 15 is 0 Å². The fourth-order valence-electron chi connectivity index (χ4n) is 2.17. The zero-order valence-electron chi connectivity index (χ0n) is 8.85. The van der Waals surface area contributed by atoms with Gasteiger partial charge in [-0.25, -0.2) is 9.86 Å². The van der Waals surface area contributed by atoms with Crippen molar-refractivity contribution >= 4 is 12.4 Å². The lowest BCUT2D eigenvalue weighted by atomic mass is 9.88. The monoisotopic (exact) mass is 215 g/mol. The smallest absolute Gasteiger partial charge is 0.331 e. The largest absolute Gasteiger partial charge is 0.479 e. The van der Waals surface area contributed by atoms with Crippen molar-refractivity contribution in [1.82, 2.24) is 5.06 Å². The summed E-state index contributed by atoms with van der Waals surface area (Å²) in [7, 11) is 0. The van der Waals surface area contributed by atoms with Crippen molar-refractivity contribution in [2.75, 3.05) is 0 Å². The highest BCUT2D eigenvalue weighted by molar-refractivity contribution is 5.80. The van der Waals surface area contributed by atoms with Crippen molar-refractivity contribution in [3.05, 3.63) is 0 Å². The first kappa shape index (κ1) is 12.0. The van der Waals surface area contributed by atoms with Gasteiger partial charge in [0.2, 0.25) is 6.41 Å². The van der Waals surface area contributed by atoms with Crippen LogP contribution < -0.4 is 0 Å². The Morgan fingerprint density at radius 3 is 2.47 bits per heavy atom. The summed E-state index contributed by atoms with van der Waals surface area (Å²) < 4.78 is 0. The Bertz CT molecular complexity index is 250. The SMILES string of the molecule is CC(CC1CCCC1)(C(=O)O)N(O)C=O. The molecule has 1 atom stereocenters. The Hall–Kier alpha value is -1.10. The Labute approximate surface area is 88.6 Å². The number of carboxylic acid groups (broad SMARTS) is 1. The molecule has 1 rings (SSSR count). The predicted octanol–water partition coefficient (Wildman–Crippen LogP) is 1.26. The molecule has 0 spiro atoms. The Morgan fingerprint density at radius 1 is 1.53 bits per heavy atom. The van der Waals surface area contributed by atoms with Gasteiger partial charge >= 0.3 is 5.97 Å². The molecule has 1 unspecified atom stereocenters. The second-order valence-electron chi connectivity index (χ2n) is 4.38. The van der Waals surface area contributed by atoms with Crippen molar-refractivity contribution in [1.29, 1.82) is 0 Å². The molecular formula is C10H17NO4. The van der Waals surface area contributed by atoms with Gasteiger partial charge < -0.3 is 5.11 Å². The second-order valence-corrected chi connectivity index (χ2v) is 4.38. The molecule has 1 aliphatic rings. The minimum atomic E-state index is -1.49. The first-order chi connectivity index (χ1) is 7.00. The Kier molecular flexibility index (Phi) is 3.68. The number of hydrogen-bond donors (Lipinski definition) is 2. The molecule has 0 aliphatic heterocycles. The zero-order valence-corrected chi connectivity index (χ0v) is 8.85. The third-order valence-corrected chi connectivity index (χ3v) is 3.23. The topological polar surface area (TPSA) is 77.8 Å². The molecule has 0 heterocycles. The summed E-state index contributed by atoms with van der Waals surface area (Å²) in [6.07, 6.45) is 4.64. The number of carbonyl (C=O) groups excluding carboxylic acids is 1. The Balaban J connectivity index is 2.71. The zero-order chi connectivity index (χ0) is 11.5. The van der Waals surface area contributed by atoms with Gasteiger partial charge in [0, 0.05) is 0 Å². The second kappa shape index (κ2) is 4.61. The standard InChI is InChI=1S/C10H17NO4/c1-10(9(13)14,11(15)7-12)6-8-4-2-3-5-8/h7-8,15H,2-6H2,1H3,(H,13,14). The molecule has 0 aromatic carbocycles. The third kappa shape index (κ3) is 2.47. The summed E-state index contributed by atoms with van der Waals surface area (Å²) in [5.74, 6) is -0.871. The van der Waals surface area contributed by atoms with E-state index in [9.17, 15) is 14.8 Å². The number of carbonyl (C=O) groups is 2. The predicted molar refractivity (Wildman–Crippen MR) is 52.3 cm³/mol. The summed E-state index contributed by atoms with van der Waals surface area (Å²) in [5.41, 5.74) is -1.49. The summed E-state index contributed by atoms with van der Waals surface area (Å²) in [6, 6.07) is 0. The van der Waals surface area contributed by atoms with Crippen molar-refractivity contribution in [2.45, 2.75) is 44.6 Å². The molecule has 15 heavy (non-hydrogen) atoms. The molecule has 0 saturated heterocycles. The number of carboxylic acids is 1. The van der Waals surface area contributed by atoms with Crippen LogP contribution in [0.15, 0.2) is 0 Å². The van der Waals surface area contributed by atoms with Crippen molar-refractivity contribution in [2.24, 2.45) is 5.92 Å². The van der Waals surface area contributed by atoms with Gasteiger partial charge in [-0.1, -0.05) is 25.7 Å². The van der Waals surface area contributed by atoms with Gasteiger partial charge in [0.15, 0.2) is 5.54 Å². The lowest BCUT2D eigenvalue weighted by Crippen LogP contribution is -2.51. The highest BCUT2D eigenvalue weighted by atomic mass is 16.5. The van der Waals surface area contributed by atoms with Gasteiger partial charge in [0.1, 0.15) is 0 Å². The summed E-state index contributed by atoms with van der Waals surface area (Å²) >= 11 is 0. The van der Waals surface area contributed by atoms with Crippen molar-refractivity contribution in [3.63, 3.8) is 0 Å².